The number of benzene rings is 2. The van der Waals surface area contributed by atoms with E-state index in [2.05, 4.69) is 10.2 Å². The van der Waals surface area contributed by atoms with Crippen molar-refractivity contribution < 1.29 is 62.6 Å². The molecule has 5 heterocycles. The van der Waals surface area contributed by atoms with Crippen LogP contribution in [0.4, 0.5) is 26.3 Å². The van der Waals surface area contributed by atoms with Crippen molar-refractivity contribution >= 4 is 54.2 Å². The Hall–Kier alpha value is -5.36. The van der Waals surface area contributed by atoms with Crippen molar-refractivity contribution in [2.45, 2.75) is 35.2 Å². The van der Waals surface area contributed by atoms with Crippen molar-refractivity contribution in [3.05, 3.63) is 96.3 Å². The van der Waals surface area contributed by atoms with Gasteiger partial charge in [-0.2, -0.15) is 36.5 Å². The summed E-state index contributed by atoms with van der Waals surface area (Å²) in [6.07, 6.45) is -7.18. The molecule has 61 heavy (non-hydrogen) atoms. The molecule has 0 unspecified atom stereocenters. The van der Waals surface area contributed by atoms with Crippen LogP contribution in [0.25, 0.3) is 42.0 Å². The lowest BCUT2D eigenvalue weighted by molar-refractivity contribution is -0.143. The molecule has 2 aromatic carbocycles. The highest BCUT2D eigenvalue weighted by Gasteiger charge is 2.37. The molecule has 1 aliphatic heterocycles. The summed E-state index contributed by atoms with van der Waals surface area (Å²) in [6, 6.07) is 20.8. The second kappa shape index (κ2) is 17.6. The molecule has 0 aliphatic carbocycles. The average Bonchev–Trinajstić information content (AvgIpc) is 4.01. The number of carbonyl (C=O) groups excluding carboxylic acids is 1. The predicted octanol–water partition coefficient (Wildman–Crippen LogP) is 7.35. The Bertz CT molecular complexity index is 2800. The number of sulfone groups is 2. The Kier molecular flexibility index (Phi) is 13.0. The second-order valence-corrected chi connectivity index (χ2v) is 19.7. The van der Waals surface area contributed by atoms with Crippen molar-refractivity contribution in [1.82, 2.24) is 24.5 Å². The first-order valence-electron chi connectivity index (χ1n) is 17.7. The van der Waals surface area contributed by atoms with Crippen LogP contribution < -0.4 is 0 Å². The summed E-state index contributed by atoms with van der Waals surface area (Å²) in [7, 11) is -6.82. The molecule has 23 heteroatoms. The molecule has 1 amide bonds. The molecule has 1 aliphatic rings. The monoisotopic (exact) mass is 929 g/mol. The van der Waals surface area contributed by atoms with Crippen LogP contribution in [-0.2, 0) is 59.4 Å². The number of aromatic nitrogens is 4. The van der Waals surface area contributed by atoms with Gasteiger partial charge in [-0.05, 0) is 71.8 Å². The summed E-state index contributed by atoms with van der Waals surface area (Å²) in [6.45, 7) is 0.464. The molecule has 1 saturated heterocycles. The average molecular weight is 930 g/mol. The third-order valence-electron chi connectivity index (χ3n) is 8.88. The minimum absolute atomic E-state index is 0.0187. The highest BCUT2D eigenvalue weighted by Crippen LogP contribution is 2.40. The number of alkyl halides is 6. The maximum absolute atomic E-state index is 13.4. The van der Waals surface area contributed by atoms with Gasteiger partial charge in [-0.3, -0.25) is 19.0 Å². The number of nitrogens with zero attached hydrogens (tertiary/aromatic N) is 5. The highest BCUT2D eigenvalue weighted by molar-refractivity contribution is 7.91. The van der Waals surface area contributed by atoms with Crippen molar-refractivity contribution in [3.63, 3.8) is 0 Å². The van der Waals surface area contributed by atoms with Crippen LogP contribution in [0.5, 0.6) is 0 Å². The molecule has 1 fully saturated rings. The van der Waals surface area contributed by atoms with Crippen LogP contribution in [-0.4, -0.2) is 97.1 Å². The van der Waals surface area contributed by atoms with Crippen molar-refractivity contribution in [2.75, 3.05) is 38.8 Å². The lowest BCUT2D eigenvalue weighted by Crippen LogP contribution is -2.42. The van der Waals surface area contributed by atoms with Gasteiger partial charge in [0, 0.05) is 35.4 Å². The van der Waals surface area contributed by atoms with Crippen molar-refractivity contribution in [2.24, 2.45) is 0 Å². The van der Waals surface area contributed by atoms with Gasteiger partial charge in [0.1, 0.15) is 13.1 Å². The van der Waals surface area contributed by atoms with E-state index in [0.717, 1.165) is 45.3 Å². The Balaban J connectivity index is 0.000000207. The second-order valence-electron chi connectivity index (χ2n) is 13.5. The summed E-state index contributed by atoms with van der Waals surface area (Å²) in [5.74, 6) is -1.66. The Morgan fingerprint density at radius 3 is 1.46 bits per heavy atom. The first kappa shape index (κ1) is 45.2. The van der Waals surface area contributed by atoms with Gasteiger partial charge in [-0.15, -0.1) is 22.7 Å². The molecule has 0 saturated carbocycles. The third kappa shape index (κ3) is 11.1. The van der Waals surface area contributed by atoms with E-state index in [1.165, 1.54) is 35.6 Å². The van der Waals surface area contributed by atoms with E-state index in [0.29, 0.717) is 56.9 Å². The summed E-state index contributed by atoms with van der Waals surface area (Å²) in [5.41, 5.74) is -0.871. The topological polar surface area (TPSA) is 171 Å². The number of thiophene rings is 2. The number of morpholine rings is 1. The zero-order valence-corrected chi connectivity index (χ0v) is 35.0. The maximum Gasteiger partial charge on any atom is 0.435 e. The molecule has 1 N–H and O–H groups in total. The molecule has 6 aromatic rings. The van der Waals surface area contributed by atoms with E-state index in [9.17, 15) is 52.8 Å². The molecule has 13 nitrogen and oxygen atoms in total. The Morgan fingerprint density at radius 1 is 0.656 bits per heavy atom. The third-order valence-corrected chi connectivity index (χ3v) is 13.4. The lowest BCUT2D eigenvalue weighted by Gasteiger charge is -2.27. The Labute approximate surface area is 352 Å². The smallest absolute Gasteiger partial charge is 0.435 e. The van der Waals surface area contributed by atoms with E-state index in [1.807, 2.05) is 0 Å². The van der Waals surface area contributed by atoms with Gasteiger partial charge >= 0.3 is 18.3 Å². The molecule has 4 aromatic heterocycles. The number of hydrogen-bond acceptors (Lipinski definition) is 11. The fraction of sp³-hybridized carbons (Fsp3) is 0.263. The largest absolute Gasteiger partial charge is 0.480 e. The summed E-state index contributed by atoms with van der Waals surface area (Å²) in [4.78, 5) is 27.6. The first-order chi connectivity index (χ1) is 28.5. The minimum Gasteiger partial charge on any atom is -0.480 e. The molecule has 0 atom stereocenters. The van der Waals surface area contributed by atoms with Crippen LogP contribution in [0.2, 0.25) is 0 Å². The number of rotatable bonds is 10. The van der Waals surface area contributed by atoms with Gasteiger partial charge in [0.2, 0.25) is 5.91 Å². The van der Waals surface area contributed by atoms with E-state index in [4.69, 9.17) is 9.84 Å². The standard InChI is InChI=1S/C21H20F3N3O4S2.C17H13F3N2O4S2/c1-33(29,30)15-4-2-3-14(11-15)17-5-6-18(32-17)16-12-19(21(22,23)24)25-27(16)13-20(28)26-7-9-31-10-8-26;1-28(25,26)11-4-2-3-10(7-11)13-5-6-14(27-13)12-8-15(17(18,19)20)21-22(12)9-16(23)24/h2-6,11-12H,7-10,13H2,1H3;2-8H,9H2,1H3,(H,23,24). The normalized spacial score (nSPS) is 13.8. The van der Waals surface area contributed by atoms with Crippen molar-refractivity contribution in [3.8, 4) is 42.0 Å². The van der Waals surface area contributed by atoms with Gasteiger partial charge in [0.05, 0.1) is 44.1 Å². The molecular weight excluding hydrogens is 897 g/mol. The number of halogens is 6. The molecular formula is C38H33F6N5O8S4. The van der Waals surface area contributed by atoms with Gasteiger partial charge in [0.15, 0.2) is 31.1 Å². The fourth-order valence-corrected chi connectivity index (χ4v) is 9.32. The molecule has 0 spiro atoms. The number of carboxylic acid groups (broad SMARTS) is 1. The van der Waals surface area contributed by atoms with Crippen molar-refractivity contribution in [1.29, 1.82) is 0 Å². The predicted molar refractivity (Wildman–Crippen MR) is 213 cm³/mol. The maximum atomic E-state index is 13.4. The molecule has 324 valence electrons. The molecule has 7 rings (SSSR count). The first-order valence-corrected chi connectivity index (χ1v) is 23.1. The minimum atomic E-state index is -4.71. The zero-order valence-electron chi connectivity index (χ0n) is 31.8. The van der Waals surface area contributed by atoms with Crippen LogP contribution >= 0.6 is 22.7 Å². The summed E-state index contributed by atoms with van der Waals surface area (Å²) >= 11 is 2.30. The van der Waals surface area contributed by atoms with Crippen LogP contribution in [0.1, 0.15) is 11.4 Å². The van der Waals surface area contributed by atoms with Gasteiger partial charge in [-0.25, -0.2) is 16.8 Å². The van der Waals surface area contributed by atoms with Gasteiger partial charge in [0.25, 0.3) is 0 Å². The SMILES string of the molecule is CS(=O)(=O)c1cccc(-c2ccc(-c3cc(C(F)(F)F)nn3CC(=O)N3CCOCC3)s2)c1.CS(=O)(=O)c1cccc(-c2ccc(-c3cc(C(F)(F)F)nn3CC(=O)O)s2)c1. The Morgan fingerprint density at radius 2 is 1.07 bits per heavy atom. The van der Waals surface area contributed by atoms with Gasteiger partial charge in [-0.1, -0.05) is 24.3 Å². The lowest BCUT2D eigenvalue weighted by atomic mass is 10.2. The fourth-order valence-electron chi connectivity index (χ4n) is 5.94. The van der Waals surface area contributed by atoms with Gasteiger partial charge < -0.3 is 14.7 Å². The van der Waals surface area contributed by atoms with E-state index >= 15 is 0 Å². The quantitative estimate of drug-likeness (QED) is 0.137. The zero-order chi connectivity index (χ0) is 44.5. The summed E-state index contributed by atoms with van der Waals surface area (Å²) < 4.78 is 133. The number of carbonyl (C=O) groups is 2. The summed E-state index contributed by atoms with van der Waals surface area (Å²) in [5, 5.41) is 16.0. The van der Waals surface area contributed by atoms with Crippen LogP contribution in [0.3, 0.4) is 0 Å². The highest BCUT2D eigenvalue weighted by atomic mass is 32.2. The number of hydrogen-bond donors (Lipinski definition) is 1. The van der Waals surface area contributed by atoms with E-state index in [-0.39, 0.29) is 33.6 Å². The number of ether oxygens (including phenoxy) is 1. The molecule has 0 bridgehead atoms. The van der Waals surface area contributed by atoms with E-state index < -0.39 is 55.9 Å². The van der Waals surface area contributed by atoms with E-state index in [1.54, 1.807) is 53.4 Å². The van der Waals surface area contributed by atoms with Crippen LogP contribution in [0.15, 0.2) is 94.7 Å². The molecule has 0 radical (unpaired) electrons. The number of aliphatic carboxylic acids is 1. The number of amides is 1. The van der Waals surface area contributed by atoms with Crippen LogP contribution in [0, 0.1) is 0 Å². The number of carboxylic acids is 1.